The quantitative estimate of drug-likeness (QED) is 0.574. The van der Waals surface area contributed by atoms with E-state index >= 15 is 0 Å². The number of methoxy groups -OCH3 is 1. The highest BCUT2D eigenvalue weighted by molar-refractivity contribution is 14.0. The van der Waals surface area contributed by atoms with E-state index in [4.69, 9.17) is 9.73 Å². The van der Waals surface area contributed by atoms with Crippen molar-refractivity contribution in [1.29, 1.82) is 0 Å². The molecule has 0 radical (unpaired) electrons. The summed E-state index contributed by atoms with van der Waals surface area (Å²) in [5.41, 5.74) is 3.92. The molecule has 1 aromatic rings. The van der Waals surface area contributed by atoms with Gasteiger partial charge in [-0.2, -0.15) is 0 Å². The van der Waals surface area contributed by atoms with Gasteiger partial charge in [-0.15, -0.1) is 24.0 Å². The number of hydrogen-bond donors (Lipinski definition) is 0. The smallest absolute Gasteiger partial charge is 0.121 e. The molecule has 0 N–H and O–H groups in total. The second-order valence-corrected chi connectivity index (χ2v) is 7.51. The maximum atomic E-state index is 5.31. The predicted octanol–water partition coefficient (Wildman–Crippen LogP) is 5.58. The Morgan fingerprint density at radius 3 is 2.54 bits per heavy atom. The molecule has 3 rings (SSSR count). The minimum atomic E-state index is 0. The van der Waals surface area contributed by atoms with E-state index in [2.05, 4.69) is 24.8 Å². The molecule has 0 aromatic heterocycles. The van der Waals surface area contributed by atoms with Gasteiger partial charge < -0.3 is 9.64 Å². The van der Waals surface area contributed by atoms with Gasteiger partial charge >= 0.3 is 0 Å². The van der Waals surface area contributed by atoms with Crippen molar-refractivity contribution in [3.05, 3.63) is 36.0 Å². The van der Waals surface area contributed by atoms with Gasteiger partial charge in [0.05, 0.1) is 12.8 Å². The predicted molar refractivity (Wildman–Crippen MR) is 112 cm³/mol. The first-order valence-electron chi connectivity index (χ1n) is 8.73. The monoisotopic (exact) mass is 440 g/mol. The molecule has 0 unspecified atom stereocenters. The van der Waals surface area contributed by atoms with Crippen molar-refractivity contribution in [2.45, 2.75) is 46.0 Å². The van der Waals surface area contributed by atoms with Crippen LogP contribution in [-0.2, 0) is 0 Å². The van der Waals surface area contributed by atoms with Crippen LogP contribution in [0.1, 0.15) is 46.0 Å². The molecule has 4 heteroatoms. The molecule has 0 bridgehead atoms. The highest BCUT2D eigenvalue weighted by Gasteiger charge is 2.29. The molecule has 3 nitrogen and oxygen atoms in total. The topological polar surface area (TPSA) is 24.8 Å². The van der Waals surface area contributed by atoms with Gasteiger partial charge in [0.15, 0.2) is 0 Å². The van der Waals surface area contributed by atoms with E-state index in [0.29, 0.717) is 0 Å². The fourth-order valence-corrected chi connectivity index (χ4v) is 3.64. The maximum Gasteiger partial charge on any atom is 0.121 e. The summed E-state index contributed by atoms with van der Waals surface area (Å²) in [5.74, 6) is 0.863. The van der Waals surface area contributed by atoms with E-state index < -0.39 is 0 Å². The standard InChI is InChI=1S/C20H28N2O.HI/c1-20(2)14-17(21-16-8-7-9-19(13-16)23-3)12-18(15-20)22-10-5-4-6-11-22;/h7-9,12-13H,4-6,10-11,14-15H2,1-3H3;1H. The van der Waals surface area contributed by atoms with Crippen LogP contribution in [0.3, 0.4) is 0 Å². The van der Waals surface area contributed by atoms with E-state index in [1.165, 1.54) is 43.8 Å². The lowest BCUT2D eigenvalue weighted by Crippen LogP contribution is -2.34. The summed E-state index contributed by atoms with van der Waals surface area (Å²) in [7, 11) is 1.70. The largest absolute Gasteiger partial charge is 0.497 e. The van der Waals surface area contributed by atoms with Gasteiger partial charge in [-0.3, -0.25) is 4.99 Å². The number of likely N-dealkylation sites (tertiary alicyclic amines) is 1. The highest BCUT2D eigenvalue weighted by atomic mass is 127. The molecule has 1 aromatic carbocycles. The van der Waals surface area contributed by atoms with Gasteiger partial charge in [0.1, 0.15) is 5.75 Å². The number of allylic oxidation sites excluding steroid dienone is 2. The van der Waals surface area contributed by atoms with E-state index in [1.807, 2.05) is 24.3 Å². The van der Waals surface area contributed by atoms with Crippen LogP contribution in [0.2, 0.25) is 0 Å². The summed E-state index contributed by atoms with van der Waals surface area (Å²) in [6.07, 6.45) is 8.53. The van der Waals surface area contributed by atoms with E-state index in [9.17, 15) is 0 Å². The number of piperidine rings is 1. The average Bonchev–Trinajstić information content (AvgIpc) is 2.54. The SMILES string of the molecule is COc1cccc(N=C2C=C(N3CCCCC3)CC(C)(C)C2)c1.I. The zero-order valence-electron chi connectivity index (χ0n) is 15.0. The second-order valence-electron chi connectivity index (χ2n) is 7.51. The van der Waals surface area contributed by atoms with Gasteiger partial charge in [0, 0.05) is 30.6 Å². The highest BCUT2D eigenvalue weighted by Crippen LogP contribution is 2.37. The lowest BCUT2D eigenvalue weighted by molar-refractivity contribution is 0.241. The lowest BCUT2D eigenvalue weighted by atomic mass is 9.78. The Labute approximate surface area is 163 Å². The summed E-state index contributed by atoms with van der Waals surface area (Å²) in [6.45, 7) is 7.11. The molecule has 0 atom stereocenters. The Kier molecular flexibility index (Phi) is 6.72. The fraction of sp³-hybridized carbons (Fsp3) is 0.550. The van der Waals surface area contributed by atoms with Crippen LogP contribution in [0.4, 0.5) is 5.69 Å². The number of aliphatic imine (C=N–C) groups is 1. The number of hydrogen-bond acceptors (Lipinski definition) is 3. The van der Waals surface area contributed by atoms with Gasteiger partial charge in [0.2, 0.25) is 0 Å². The van der Waals surface area contributed by atoms with Gasteiger partial charge in [-0.1, -0.05) is 19.9 Å². The van der Waals surface area contributed by atoms with Crippen molar-refractivity contribution < 1.29 is 4.74 Å². The summed E-state index contributed by atoms with van der Waals surface area (Å²) in [5, 5.41) is 0. The van der Waals surface area contributed by atoms with Crippen LogP contribution in [0.15, 0.2) is 41.0 Å². The van der Waals surface area contributed by atoms with E-state index in [1.54, 1.807) is 7.11 Å². The molecule has 1 fully saturated rings. The Morgan fingerprint density at radius 2 is 1.83 bits per heavy atom. The molecular weight excluding hydrogens is 411 g/mol. The van der Waals surface area contributed by atoms with Crippen LogP contribution in [0, 0.1) is 5.41 Å². The first-order valence-corrected chi connectivity index (χ1v) is 8.73. The Morgan fingerprint density at radius 1 is 1.08 bits per heavy atom. The third-order valence-corrected chi connectivity index (χ3v) is 4.74. The summed E-state index contributed by atoms with van der Waals surface area (Å²) < 4.78 is 5.31. The normalized spacial score (nSPS) is 21.9. The minimum absolute atomic E-state index is 0. The molecule has 1 heterocycles. The minimum Gasteiger partial charge on any atom is -0.497 e. The molecule has 0 spiro atoms. The Balaban J connectivity index is 0.00000208. The van der Waals surface area contributed by atoms with Crippen molar-refractivity contribution >= 4 is 35.4 Å². The average molecular weight is 440 g/mol. The molecule has 24 heavy (non-hydrogen) atoms. The van der Waals surface area contributed by atoms with Crippen LogP contribution < -0.4 is 4.74 Å². The number of benzene rings is 1. The van der Waals surface area contributed by atoms with Crippen LogP contribution in [0.25, 0.3) is 0 Å². The molecule has 132 valence electrons. The Bertz CT molecular complexity index is 616. The summed E-state index contributed by atoms with van der Waals surface area (Å²) in [6, 6.07) is 8.01. The van der Waals surface area contributed by atoms with Crippen LogP contribution >= 0.6 is 24.0 Å². The van der Waals surface area contributed by atoms with E-state index in [-0.39, 0.29) is 29.4 Å². The second kappa shape index (κ2) is 8.37. The molecular formula is C20H29IN2O. The zero-order chi connectivity index (χ0) is 16.3. The van der Waals surface area contributed by atoms with E-state index in [0.717, 1.165) is 24.3 Å². The first-order chi connectivity index (χ1) is 11.1. The number of nitrogens with zero attached hydrogens (tertiary/aromatic N) is 2. The van der Waals surface area contributed by atoms with Gasteiger partial charge in [0.25, 0.3) is 0 Å². The van der Waals surface area contributed by atoms with Gasteiger partial charge in [-0.25, -0.2) is 0 Å². The van der Waals surface area contributed by atoms with Crippen LogP contribution in [-0.4, -0.2) is 30.8 Å². The summed E-state index contributed by atoms with van der Waals surface area (Å²) in [4.78, 5) is 7.48. The number of halogens is 1. The fourth-order valence-electron chi connectivity index (χ4n) is 3.64. The molecule has 0 saturated carbocycles. The molecule has 1 aliphatic heterocycles. The number of ether oxygens (including phenoxy) is 1. The maximum absolute atomic E-state index is 5.31. The summed E-state index contributed by atoms with van der Waals surface area (Å²) >= 11 is 0. The third kappa shape index (κ3) is 4.98. The lowest BCUT2D eigenvalue weighted by Gasteiger charge is -2.38. The zero-order valence-corrected chi connectivity index (χ0v) is 17.4. The molecule has 2 aliphatic rings. The van der Waals surface area contributed by atoms with Crippen molar-refractivity contribution in [1.82, 2.24) is 4.90 Å². The van der Waals surface area contributed by atoms with Crippen molar-refractivity contribution in [3.63, 3.8) is 0 Å². The Hall–Kier alpha value is -1.04. The first kappa shape index (κ1) is 19.3. The van der Waals surface area contributed by atoms with Crippen molar-refractivity contribution in [3.8, 4) is 5.75 Å². The third-order valence-electron chi connectivity index (χ3n) is 4.74. The molecule has 1 aliphatic carbocycles. The molecule has 1 saturated heterocycles. The van der Waals surface area contributed by atoms with Crippen molar-refractivity contribution in [2.24, 2.45) is 10.4 Å². The van der Waals surface area contributed by atoms with Crippen molar-refractivity contribution in [2.75, 3.05) is 20.2 Å². The molecule has 0 amide bonds. The number of rotatable bonds is 3. The van der Waals surface area contributed by atoms with Gasteiger partial charge in [-0.05, 0) is 55.7 Å². The van der Waals surface area contributed by atoms with Crippen LogP contribution in [0.5, 0.6) is 5.75 Å².